The van der Waals surface area contributed by atoms with Crippen molar-refractivity contribution in [1.82, 2.24) is 14.7 Å². The van der Waals surface area contributed by atoms with Crippen LogP contribution in [-0.4, -0.2) is 47.9 Å². The van der Waals surface area contributed by atoms with E-state index in [-0.39, 0.29) is 5.91 Å². The van der Waals surface area contributed by atoms with E-state index < -0.39 is 0 Å². The summed E-state index contributed by atoms with van der Waals surface area (Å²) < 4.78 is 12.5. The fourth-order valence-electron chi connectivity index (χ4n) is 3.01. The minimum atomic E-state index is 0.0643. The van der Waals surface area contributed by atoms with Gasteiger partial charge < -0.3 is 14.4 Å². The highest BCUT2D eigenvalue weighted by atomic mass is 32.1. The molecule has 3 aromatic rings. The van der Waals surface area contributed by atoms with E-state index in [9.17, 15) is 4.79 Å². The summed E-state index contributed by atoms with van der Waals surface area (Å²) in [6.45, 7) is 5.38. The van der Waals surface area contributed by atoms with Gasteiger partial charge in [-0.3, -0.25) is 9.48 Å². The number of ether oxygens (including phenoxy) is 2. The second-order valence-electron chi connectivity index (χ2n) is 5.85. The lowest BCUT2D eigenvalue weighted by Gasteiger charge is -2.17. The molecule has 3 rings (SSSR count). The topological polar surface area (TPSA) is 56.6 Å². The Balaban J connectivity index is 2.09. The van der Waals surface area contributed by atoms with Crippen molar-refractivity contribution in [3.05, 3.63) is 29.1 Å². The molecule has 0 atom stereocenters. The average molecular weight is 373 g/mol. The Morgan fingerprint density at radius 2 is 1.85 bits per heavy atom. The van der Waals surface area contributed by atoms with Crippen LogP contribution < -0.4 is 9.47 Å². The van der Waals surface area contributed by atoms with Gasteiger partial charge >= 0.3 is 0 Å². The molecule has 0 unspecified atom stereocenters. The quantitative estimate of drug-likeness (QED) is 0.659. The van der Waals surface area contributed by atoms with Crippen LogP contribution in [0.25, 0.3) is 21.5 Å². The first kappa shape index (κ1) is 18.3. The standard InChI is InChI=1S/C19H23N3O3S/c1-6-22(7-2)18(23)16-11-13-17(20-21(3)19(13)26-16)12-8-9-14(24-4)15(10-12)25-5/h8-11H,6-7H2,1-5H3. The Labute approximate surface area is 156 Å². The first-order chi connectivity index (χ1) is 12.5. The van der Waals surface area contributed by atoms with E-state index >= 15 is 0 Å². The molecule has 2 heterocycles. The van der Waals surface area contributed by atoms with E-state index in [4.69, 9.17) is 9.47 Å². The van der Waals surface area contributed by atoms with Crippen molar-refractivity contribution in [2.75, 3.05) is 27.3 Å². The minimum Gasteiger partial charge on any atom is -0.493 e. The third kappa shape index (κ3) is 3.03. The molecule has 138 valence electrons. The minimum absolute atomic E-state index is 0.0643. The number of aromatic nitrogens is 2. The molecular weight excluding hydrogens is 350 g/mol. The van der Waals surface area contributed by atoms with Crippen LogP contribution in [0.3, 0.4) is 0 Å². The van der Waals surface area contributed by atoms with Crippen LogP contribution in [0, 0.1) is 0 Å². The van der Waals surface area contributed by atoms with Gasteiger partial charge in [0.25, 0.3) is 5.91 Å². The van der Waals surface area contributed by atoms with Crippen molar-refractivity contribution in [3.63, 3.8) is 0 Å². The molecule has 0 aliphatic heterocycles. The van der Waals surface area contributed by atoms with Gasteiger partial charge in [0.2, 0.25) is 0 Å². The molecule has 7 heteroatoms. The average Bonchev–Trinajstić information content (AvgIpc) is 3.22. The van der Waals surface area contributed by atoms with Crippen molar-refractivity contribution in [3.8, 4) is 22.8 Å². The molecular formula is C19H23N3O3S. The zero-order valence-corrected chi connectivity index (χ0v) is 16.5. The summed E-state index contributed by atoms with van der Waals surface area (Å²) in [5.74, 6) is 1.39. The number of benzene rings is 1. The van der Waals surface area contributed by atoms with Crippen LogP contribution >= 0.6 is 11.3 Å². The van der Waals surface area contributed by atoms with Crippen molar-refractivity contribution in [1.29, 1.82) is 0 Å². The zero-order valence-electron chi connectivity index (χ0n) is 15.7. The van der Waals surface area contributed by atoms with Crippen LogP contribution in [0.1, 0.15) is 23.5 Å². The summed E-state index contributed by atoms with van der Waals surface area (Å²) in [5.41, 5.74) is 1.76. The second-order valence-corrected chi connectivity index (χ2v) is 6.88. The number of methoxy groups -OCH3 is 2. The van der Waals surface area contributed by atoms with Crippen LogP contribution in [0.2, 0.25) is 0 Å². The summed E-state index contributed by atoms with van der Waals surface area (Å²) in [4.78, 5) is 16.2. The molecule has 0 aliphatic rings. The molecule has 2 aromatic heterocycles. The maximum absolute atomic E-state index is 12.7. The van der Waals surface area contributed by atoms with Gasteiger partial charge in [-0.05, 0) is 38.1 Å². The molecule has 0 N–H and O–H groups in total. The molecule has 0 bridgehead atoms. The van der Waals surface area contributed by atoms with E-state index in [2.05, 4.69) is 5.10 Å². The van der Waals surface area contributed by atoms with Crippen LogP contribution in [0.5, 0.6) is 11.5 Å². The van der Waals surface area contributed by atoms with Gasteiger partial charge in [0.1, 0.15) is 10.5 Å². The second kappa shape index (κ2) is 7.37. The fraction of sp³-hybridized carbons (Fsp3) is 0.368. The number of fused-ring (bicyclic) bond motifs is 1. The van der Waals surface area contributed by atoms with Crippen LogP contribution in [0.4, 0.5) is 0 Å². The maximum atomic E-state index is 12.7. The highest BCUT2D eigenvalue weighted by molar-refractivity contribution is 7.20. The smallest absolute Gasteiger partial charge is 0.264 e. The summed E-state index contributed by atoms with van der Waals surface area (Å²) in [7, 11) is 5.12. The monoisotopic (exact) mass is 373 g/mol. The Hall–Kier alpha value is -2.54. The number of rotatable bonds is 6. The van der Waals surface area contributed by atoms with Crippen molar-refractivity contribution in [2.45, 2.75) is 13.8 Å². The molecule has 6 nitrogen and oxygen atoms in total. The molecule has 0 saturated heterocycles. The highest BCUT2D eigenvalue weighted by Crippen LogP contribution is 2.37. The number of amides is 1. The lowest BCUT2D eigenvalue weighted by molar-refractivity contribution is 0.0778. The predicted molar refractivity (Wildman–Crippen MR) is 104 cm³/mol. The van der Waals surface area contributed by atoms with E-state index in [1.807, 2.05) is 54.7 Å². The van der Waals surface area contributed by atoms with Gasteiger partial charge in [0.05, 0.1) is 19.1 Å². The summed E-state index contributed by atoms with van der Waals surface area (Å²) >= 11 is 1.48. The molecule has 0 aliphatic carbocycles. The maximum Gasteiger partial charge on any atom is 0.264 e. The van der Waals surface area contributed by atoms with Gasteiger partial charge in [-0.15, -0.1) is 11.3 Å². The van der Waals surface area contributed by atoms with Gasteiger partial charge in [-0.2, -0.15) is 5.10 Å². The van der Waals surface area contributed by atoms with Gasteiger partial charge in [-0.25, -0.2) is 0 Å². The first-order valence-corrected chi connectivity index (χ1v) is 9.33. The molecule has 1 aromatic carbocycles. The Kier molecular flexibility index (Phi) is 5.18. The number of aryl methyl sites for hydroxylation is 1. The Bertz CT molecular complexity index is 941. The van der Waals surface area contributed by atoms with Gasteiger partial charge in [-0.1, -0.05) is 0 Å². The third-order valence-corrected chi connectivity index (χ3v) is 5.62. The van der Waals surface area contributed by atoms with Crippen molar-refractivity contribution < 1.29 is 14.3 Å². The number of thiophene rings is 1. The van der Waals surface area contributed by atoms with E-state index in [1.165, 1.54) is 11.3 Å². The summed E-state index contributed by atoms with van der Waals surface area (Å²) in [6, 6.07) is 7.67. The van der Waals surface area contributed by atoms with Gasteiger partial charge in [0, 0.05) is 31.1 Å². The lowest BCUT2D eigenvalue weighted by Crippen LogP contribution is -2.29. The van der Waals surface area contributed by atoms with E-state index in [0.29, 0.717) is 24.6 Å². The third-order valence-electron chi connectivity index (χ3n) is 4.43. The molecule has 0 fully saturated rings. The number of carbonyl (C=O) groups excluding carboxylic acids is 1. The molecule has 0 spiro atoms. The van der Waals surface area contributed by atoms with Crippen molar-refractivity contribution in [2.24, 2.45) is 7.05 Å². The van der Waals surface area contributed by atoms with Gasteiger partial charge in [0.15, 0.2) is 11.5 Å². The molecule has 1 amide bonds. The van der Waals surface area contributed by atoms with Crippen molar-refractivity contribution >= 4 is 27.5 Å². The van der Waals surface area contributed by atoms with Crippen LogP contribution in [-0.2, 0) is 7.05 Å². The van der Waals surface area contributed by atoms with Crippen LogP contribution in [0.15, 0.2) is 24.3 Å². The number of carbonyl (C=O) groups is 1. The number of hydrogen-bond donors (Lipinski definition) is 0. The number of hydrogen-bond acceptors (Lipinski definition) is 5. The SMILES string of the molecule is CCN(CC)C(=O)c1cc2c(-c3ccc(OC)c(OC)c3)nn(C)c2s1. The molecule has 0 radical (unpaired) electrons. The molecule has 0 saturated carbocycles. The lowest BCUT2D eigenvalue weighted by atomic mass is 10.1. The first-order valence-electron chi connectivity index (χ1n) is 8.52. The summed E-state index contributed by atoms with van der Waals surface area (Å²) in [5, 5.41) is 5.61. The Morgan fingerprint density at radius 3 is 2.46 bits per heavy atom. The largest absolute Gasteiger partial charge is 0.493 e. The Morgan fingerprint density at radius 1 is 1.15 bits per heavy atom. The number of nitrogens with zero attached hydrogens (tertiary/aromatic N) is 3. The molecule has 26 heavy (non-hydrogen) atoms. The van der Waals surface area contributed by atoms with E-state index in [0.717, 1.165) is 26.4 Å². The predicted octanol–water partition coefficient (Wildman–Crippen LogP) is 3.80. The highest BCUT2D eigenvalue weighted by Gasteiger charge is 2.21. The summed E-state index contributed by atoms with van der Waals surface area (Å²) in [6.07, 6.45) is 0. The fourth-order valence-corrected chi connectivity index (χ4v) is 4.05. The normalized spacial score (nSPS) is 11.0. The zero-order chi connectivity index (χ0) is 18.8. The van der Waals surface area contributed by atoms with E-state index in [1.54, 1.807) is 14.2 Å².